The maximum Gasteiger partial charge on any atom is 0.103 e. The van der Waals surface area contributed by atoms with Crippen LogP contribution in [0.5, 0.6) is 0 Å². The third-order valence-corrected chi connectivity index (χ3v) is 6.30. The van der Waals surface area contributed by atoms with E-state index in [1.807, 2.05) is 12.1 Å². The fourth-order valence-corrected chi connectivity index (χ4v) is 4.70. The van der Waals surface area contributed by atoms with Crippen molar-refractivity contribution in [3.63, 3.8) is 0 Å². The van der Waals surface area contributed by atoms with Crippen LogP contribution in [-0.4, -0.2) is 48.0 Å². The number of thiophene rings is 1. The highest BCUT2D eigenvalue weighted by Crippen LogP contribution is 2.30. The molecule has 28 heavy (non-hydrogen) atoms. The standard InChI is InChI=1S/C21H25N3OS.2ClH/c1-15-3-5-17(6-4-15)20(22)19-14-18-13-16(2)24(21(18)26-19)8-7-23-9-11-25-12-10-23;;/h3-6,13-14,22H,7-12H2,1-2H3;2*1H. The van der Waals surface area contributed by atoms with Crippen LogP contribution in [0.1, 0.15) is 21.7 Å². The number of nitrogens with zero attached hydrogens (tertiary/aromatic N) is 2. The predicted molar refractivity (Wildman–Crippen MR) is 123 cm³/mol. The second-order valence-electron chi connectivity index (χ2n) is 7.00. The quantitative estimate of drug-likeness (QED) is 0.573. The van der Waals surface area contributed by atoms with Gasteiger partial charge in [0.05, 0.1) is 23.8 Å². The largest absolute Gasteiger partial charge is 0.379 e. The minimum Gasteiger partial charge on any atom is -0.379 e. The van der Waals surface area contributed by atoms with Crippen molar-refractivity contribution in [2.75, 3.05) is 32.8 Å². The Hall–Kier alpha value is -1.37. The molecule has 0 atom stereocenters. The molecule has 7 heteroatoms. The van der Waals surface area contributed by atoms with Gasteiger partial charge in [0.25, 0.3) is 0 Å². The van der Waals surface area contributed by atoms with Gasteiger partial charge in [-0.3, -0.25) is 10.3 Å². The maximum atomic E-state index is 8.58. The Balaban J connectivity index is 0.00000140. The van der Waals surface area contributed by atoms with Crippen molar-refractivity contribution in [2.24, 2.45) is 0 Å². The van der Waals surface area contributed by atoms with Gasteiger partial charge in [0.1, 0.15) is 4.83 Å². The molecule has 1 aliphatic rings. The molecule has 1 fully saturated rings. The van der Waals surface area contributed by atoms with E-state index in [4.69, 9.17) is 10.1 Å². The van der Waals surface area contributed by atoms with Crippen LogP contribution < -0.4 is 0 Å². The van der Waals surface area contributed by atoms with Gasteiger partial charge in [-0.05, 0) is 26.0 Å². The molecule has 0 saturated carbocycles. The monoisotopic (exact) mass is 439 g/mol. The summed E-state index contributed by atoms with van der Waals surface area (Å²) in [5.74, 6) is 0. The molecule has 0 bridgehead atoms. The molecular formula is C21H27Cl2N3OS. The SMILES string of the molecule is Cc1ccc(C(=N)c2cc3cc(C)n(CCN4CCOCC4)c3s2)cc1.Cl.Cl. The number of nitrogens with one attached hydrogen (secondary N) is 1. The number of aryl methyl sites for hydroxylation is 2. The number of hydrogen-bond acceptors (Lipinski definition) is 4. The van der Waals surface area contributed by atoms with Crippen molar-refractivity contribution < 1.29 is 4.74 Å². The Morgan fingerprint density at radius 1 is 1.04 bits per heavy atom. The average molecular weight is 440 g/mol. The summed E-state index contributed by atoms with van der Waals surface area (Å²) in [5, 5.41) is 9.83. The highest BCUT2D eigenvalue weighted by atomic mass is 35.5. The molecule has 0 radical (unpaired) electrons. The van der Waals surface area contributed by atoms with Crippen LogP contribution >= 0.6 is 36.2 Å². The molecule has 1 aliphatic heterocycles. The van der Waals surface area contributed by atoms with E-state index in [9.17, 15) is 0 Å². The fourth-order valence-electron chi connectivity index (χ4n) is 3.50. The molecule has 4 nitrogen and oxygen atoms in total. The zero-order valence-corrected chi connectivity index (χ0v) is 18.7. The van der Waals surface area contributed by atoms with E-state index < -0.39 is 0 Å². The van der Waals surface area contributed by atoms with Crippen LogP contribution in [0.15, 0.2) is 36.4 Å². The Kier molecular flexibility index (Phi) is 8.10. The summed E-state index contributed by atoms with van der Waals surface area (Å²) in [5.41, 5.74) is 4.12. The smallest absolute Gasteiger partial charge is 0.103 e. The summed E-state index contributed by atoms with van der Waals surface area (Å²) in [6, 6.07) is 12.6. The molecule has 152 valence electrons. The first kappa shape index (κ1) is 22.9. The van der Waals surface area contributed by atoms with Crippen molar-refractivity contribution in [1.29, 1.82) is 5.41 Å². The number of aromatic nitrogens is 1. The summed E-state index contributed by atoms with van der Waals surface area (Å²) in [7, 11) is 0. The van der Waals surface area contributed by atoms with Gasteiger partial charge in [-0.15, -0.1) is 36.2 Å². The van der Waals surface area contributed by atoms with Crippen LogP contribution in [0.4, 0.5) is 0 Å². The maximum absolute atomic E-state index is 8.58. The minimum atomic E-state index is 0. The van der Waals surface area contributed by atoms with Gasteiger partial charge in [-0.1, -0.05) is 29.8 Å². The van der Waals surface area contributed by atoms with Gasteiger partial charge in [0.2, 0.25) is 0 Å². The van der Waals surface area contributed by atoms with Crippen molar-refractivity contribution in [3.05, 3.63) is 58.1 Å². The lowest BCUT2D eigenvalue weighted by molar-refractivity contribution is 0.0365. The summed E-state index contributed by atoms with van der Waals surface area (Å²) in [4.78, 5) is 4.79. The third-order valence-electron chi connectivity index (χ3n) is 5.11. The van der Waals surface area contributed by atoms with Gasteiger partial charge in [-0.2, -0.15) is 0 Å². The number of fused-ring (bicyclic) bond motifs is 1. The highest BCUT2D eigenvalue weighted by molar-refractivity contribution is 7.20. The number of rotatable bonds is 5. The lowest BCUT2D eigenvalue weighted by atomic mass is 10.1. The highest BCUT2D eigenvalue weighted by Gasteiger charge is 2.15. The molecule has 1 aromatic carbocycles. The molecule has 1 N–H and O–H groups in total. The first-order valence-electron chi connectivity index (χ1n) is 9.17. The molecule has 0 aliphatic carbocycles. The minimum absolute atomic E-state index is 0. The van der Waals surface area contributed by atoms with Crippen LogP contribution in [0, 0.1) is 19.3 Å². The fraction of sp³-hybridized carbons (Fsp3) is 0.381. The van der Waals surface area contributed by atoms with Crippen LogP contribution in [0.25, 0.3) is 10.2 Å². The normalized spacial score (nSPS) is 14.5. The van der Waals surface area contributed by atoms with E-state index in [2.05, 4.69) is 47.6 Å². The third kappa shape index (κ3) is 4.78. The first-order chi connectivity index (χ1) is 12.6. The zero-order valence-electron chi connectivity index (χ0n) is 16.2. The molecule has 0 unspecified atom stereocenters. The Bertz CT molecular complexity index is 927. The van der Waals surface area contributed by atoms with Crippen LogP contribution in [0.2, 0.25) is 0 Å². The van der Waals surface area contributed by atoms with E-state index in [0.717, 1.165) is 49.8 Å². The number of ether oxygens (including phenoxy) is 1. The average Bonchev–Trinajstić information content (AvgIpc) is 3.18. The lowest BCUT2D eigenvalue weighted by Gasteiger charge is -2.26. The topological polar surface area (TPSA) is 41.2 Å². The van der Waals surface area contributed by atoms with Crippen molar-refractivity contribution in [2.45, 2.75) is 20.4 Å². The zero-order chi connectivity index (χ0) is 18.1. The van der Waals surface area contributed by atoms with Gasteiger partial charge in [0.15, 0.2) is 0 Å². The molecule has 3 heterocycles. The van der Waals surface area contributed by atoms with Crippen molar-refractivity contribution in [3.8, 4) is 0 Å². The molecule has 0 amide bonds. The molecule has 2 aromatic heterocycles. The molecule has 3 aromatic rings. The number of benzene rings is 1. The van der Waals surface area contributed by atoms with Crippen LogP contribution in [0.3, 0.4) is 0 Å². The summed E-state index contributed by atoms with van der Waals surface area (Å²) < 4.78 is 7.84. The summed E-state index contributed by atoms with van der Waals surface area (Å²) in [6.45, 7) is 10.0. The Morgan fingerprint density at radius 3 is 2.39 bits per heavy atom. The second kappa shape index (κ2) is 9.90. The van der Waals surface area contributed by atoms with E-state index in [-0.39, 0.29) is 24.8 Å². The van der Waals surface area contributed by atoms with Crippen LogP contribution in [-0.2, 0) is 11.3 Å². The molecule has 4 rings (SSSR count). The summed E-state index contributed by atoms with van der Waals surface area (Å²) in [6.07, 6.45) is 0. The van der Waals surface area contributed by atoms with Crippen molar-refractivity contribution >= 4 is 52.1 Å². The molecule has 1 saturated heterocycles. The first-order valence-corrected chi connectivity index (χ1v) is 9.99. The summed E-state index contributed by atoms with van der Waals surface area (Å²) >= 11 is 1.73. The van der Waals surface area contributed by atoms with Gasteiger partial charge >= 0.3 is 0 Å². The van der Waals surface area contributed by atoms with Gasteiger partial charge in [0, 0.05) is 42.8 Å². The van der Waals surface area contributed by atoms with E-state index in [1.165, 1.54) is 21.5 Å². The number of hydrogen-bond donors (Lipinski definition) is 1. The van der Waals surface area contributed by atoms with E-state index in [0.29, 0.717) is 5.71 Å². The van der Waals surface area contributed by atoms with Crippen molar-refractivity contribution in [1.82, 2.24) is 9.47 Å². The molecule has 0 spiro atoms. The van der Waals surface area contributed by atoms with Gasteiger partial charge in [-0.25, -0.2) is 0 Å². The second-order valence-corrected chi connectivity index (χ2v) is 8.03. The van der Waals surface area contributed by atoms with E-state index >= 15 is 0 Å². The van der Waals surface area contributed by atoms with Gasteiger partial charge < -0.3 is 9.30 Å². The van der Waals surface area contributed by atoms with E-state index in [1.54, 1.807) is 11.3 Å². The Morgan fingerprint density at radius 2 is 1.71 bits per heavy atom. The number of morpholine rings is 1. The predicted octanol–water partition coefficient (Wildman–Crippen LogP) is 4.91. The lowest BCUT2D eigenvalue weighted by Crippen LogP contribution is -2.38. The molecular weight excluding hydrogens is 413 g/mol. The number of halogens is 2. The Labute approximate surface area is 182 Å².